The van der Waals surface area contributed by atoms with Gasteiger partial charge in [0.05, 0.1) is 12.1 Å². The Hall–Kier alpha value is -1.79. The first kappa shape index (κ1) is 15.7. The van der Waals surface area contributed by atoms with Crippen LogP contribution in [0.25, 0.3) is 0 Å². The zero-order chi connectivity index (χ0) is 16.8. The molecule has 3 aliphatic heterocycles. The molecule has 6 nitrogen and oxygen atoms in total. The molecule has 0 radical (unpaired) electrons. The Labute approximate surface area is 145 Å². The molecule has 24 heavy (non-hydrogen) atoms. The molecular weight excluding hydrogens is 330 g/mol. The lowest BCUT2D eigenvalue weighted by molar-refractivity contribution is -0.129. The minimum Gasteiger partial charge on any atom is -0.380 e. The first-order valence-corrected chi connectivity index (χ1v) is 8.63. The van der Waals surface area contributed by atoms with Crippen molar-refractivity contribution in [3.8, 4) is 0 Å². The number of imide groups is 1. The zero-order valence-corrected chi connectivity index (χ0v) is 14.3. The van der Waals surface area contributed by atoms with Crippen molar-refractivity contribution < 1.29 is 14.3 Å². The van der Waals surface area contributed by atoms with Crippen LogP contribution in [0.2, 0.25) is 5.02 Å². The van der Waals surface area contributed by atoms with Crippen LogP contribution in [-0.4, -0.2) is 66.7 Å². The molecule has 3 saturated heterocycles. The summed E-state index contributed by atoms with van der Waals surface area (Å²) in [5.74, 6) is -0.0718. The Morgan fingerprint density at radius 1 is 1.25 bits per heavy atom. The van der Waals surface area contributed by atoms with Crippen LogP contribution >= 0.6 is 11.6 Å². The number of halogens is 1. The maximum Gasteiger partial charge on any atom is 0.327 e. The lowest BCUT2D eigenvalue weighted by Gasteiger charge is -2.24. The van der Waals surface area contributed by atoms with Crippen molar-refractivity contribution in [1.82, 2.24) is 9.80 Å². The third-order valence-corrected chi connectivity index (χ3v) is 5.51. The van der Waals surface area contributed by atoms with E-state index in [2.05, 4.69) is 4.90 Å². The van der Waals surface area contributed by atoms with Gasteiger partial charge in [-0.25, -0.2) is 4.79 Å². The number of carbonyl (C=O) groups excluding carboxylic acids is 2. The highest BCUT2D eigenvalue weighted by Gasteiger charge is 2.53. The molecule has 0 aromatic heterocycles. The monoisotopic (exact) mass is 349 g/mol. The predicted octanol–water partition coefficient (Wildman–Crippen LogP) is 1.97. The number of fused-ring (bicyclic) bond motifs is 1. The summed E-state index contributed by atoms with van der Waals surface area (Å²) in [5.41, 5.74) is 1.03. The largest absolute Gasteiger partial charge is 0.380 e. The van der Waals surface area contributed by atoms with Gasteiger partial charge in [0.25, 0.3) is 5.91 Å². The second-order valence-corrected chi connectivity index (χ2v) is 7.06. The van der Waals surface area contributed by atoms with E-state index in [-0.39, 0.29) is 30.1 Å². The number of benzene rings is 1. The highest BCUT2D eigenvalue weighted by Crippen LogP contribution is 2.33. The highest BCUT2D eigenvalue weighted by molar-refractivity contribution is 6.30. The Morgan fingerprint density at radius 3 is 2.79 bits per heavy atom. The molecule has 3 fully saturated rings. The molecule has 1 aromatic carbocycles. The quantitative estimate of drug-likeness (QED) is 0.783. The third-order valence-electron chi connectivity index (χ3n) is 5.27. The Morgan fingerprint density at radius 2 is 2.08 bits per heavy atom. The molecule has 0 aliphatic carbocycles. The number of hydrogen-bond donors (Lipinski definition) is 0. The molecule has 0 saturated carbocycles. The van der Waals surface area contributed by atoms with Gasteiger partial charge in [-0.15, -0.1) is 0 Å². The first-order chi connectivity index (χ1) is 11.6. The number of ether oxygens (including phenoxy) is 1. The van der Waals surface area contributed by atoms with Crippen LogP contribution in [0.5, 0.6) is 0 Å². The number of carbonyl (C=O) groups is 2. The molecule has 3 heterocycles. The van der Waals surface area contributed by atoms with E-state index in [1.807, 2.05) is 24.3 Å². The van der Waals surface area contributed by atoms with Gasteiger partial charge in [-0.1, -0.05) is 17.7 Å². The van der Waals surface area contributed by atoms with Crippen molar-refractivity contribution in [2.24, 2.45) is 0 Å². The fraction of sp³-hybridized carbons (Fsp3) is 0.529. The summed E-state index contributed by atoms with van der Waals surface area (Å²) in [6, 6.07) is 7.09. The molecule has 4 rings (SSSR count). The zero-order valence-electron chi connectivity index (χ0n) is 13.5. The summed E-state index contributed by atoms with van der Waals surface area (Å²) < 4.78 is 5.31. The average molecular weight is 350 g/mol. The first-order valence-electron chi connectivity index (χ1n) is 8.25. The lowest BCUT2D eigenvalue weighted by Crippen LogP contribution is -2.44. The van der Waals surface area contributed by atoms with Crippen LogP contribution in [0.15, 0.2) is 24.3 Å². The van der Waals surface area contributed by atoms with E-state index in [0.29, 0.717) is 24.5 Å². The van der Waals surface area contributed by atoms with Gasteiger partial charge in [0, 0.05) is 43.9 Å². The Kier molecular flexibility index (Phi) is 3.89. The normalized spacial score (nSPS) is 29.8. The number of anilines is 1. The van der Waals surface area contributed by atoms with Gasteiger partial charge in [-0.2, -0.15) is 0 Å². The van der Waals surface area contributed by atoms with Gasteiger partial charge in [0.2, 0.25) is 0 Å². The predicted molar refractivity (Wildman–Crippen MR) is 90.2 cm³/mol. The standard InChI is InChI=1S/C17H20ClN3O3/c1-24-14-8-15-16(22)21(17(23)20(15)10-14)13-5-6-19(9-13)12-4-2-3-11(18)7-12/h2-4,7,13-15H,5-6,8-10H2,1H3/t13-,14-,15+/m1/s1. The van der Waals surface area contributed by atoms with E-state index >= 15 is 0 Å². The van der Waals surface area contributed by atoms with Gasteiger partial charge in [-0.05, 0) is 24.6 Å². The van der Waals surface area contributed by atoms with Crippen LogP contribution in [0.4, 0.5) is 10.5 Å². The molecule has 0 N–H and O–H groups in total. The number of nitrogens with zero attached hydrogens (tertiary/aromatic N) is 3. The van der Waals surface area contributed by atoms with Crippen LogP contribution in [0.3, 0.4) is 0 Å². The van der Waals surface area contributed by atoms with E-state index in [4.69, 9.17) is 16.3 Å². The molecule has 0 spiro atoms. The van der Waals surface area contributed by atoms with Gasteiger partial charge in [0.1, 0.15) is 6.04 Å². The third kappa shape index (κ3) is 2.45. The minimum absolute atomic E-state index is 0.0309. The van der Waals surface area contributed by atoms with Crippen LogP contribution in [0.1, 0.15) is 12.8 Å². The Bertz CT molecular complexity index is 659. The summed E-state index contributed by atoms with van der Waals surface area (Å²) in [6.07, 6.45) is 1.36. The topological polar surface area (TPSA) is 53.1 Å². The average Bonchev–Trinajstić information content (AvgIpc) is 3.25. The second-order valence-electron chi connectivity index (χ2n) is 6.62. The molecule has 3 aliphatic rings. The molecule has 0 bridgehead atoms. The summed E-state index contributed by atoms with van der Waals surface area (Å²) >= 11 is 6.06. The highest BCUT2D eigenvalue weighted by atomic mass is 35.5. The van der Waals surface area contributed by atoms with Crippen LogP contribution in [0, 0.1) is 0 Å². The van der Waals surface area contributed by atoms with E-state index in [1.54, 1.807) is 12.0 Å². The number of urea groups is 1. The van der Waals surface area contributed by atoms with E-state index in [1.165, 1.54) is 4.90 Å². The van der Waals surface area contributed by atoms with Gasteiger partial charge < -0.3 is 14.5 Å². The van der Waals surface area contributed by atoms with Crippen molar-refractivity contribution >= 4 is 29.2 Å². The van der Waals surface area contributed by atoms with Crippen molar-refractivity contribution in [3.05, 3.63) is 29.3 Å². The van der Waals surface area contributed by atoms with Crippen molar-refractivity contribution in [1.29, 1.82) is 0 Å². The molecule has 0 unspecified atom stereocenters. The molecule has 1 aromatic rings. The molecule has 7 heteroatoms. The maximum atomic E-state index is 12.7. The fourth-order valence-corrected chi connectivity index (χ4v) is 4.19. The summed E-state index contributed by atoms with van der Waals surface area (Å²) in [6.45, 7) is 1.98. The number of rotatable bonds is 3. The number of amides is 3. The number of hydrogen-bond acceptors (Lipinski definition) is 4. The smallest absolute Gasteiger partial charge is 0.327 e. The van der Waals surface area contributed by atoms with Crippen molar-refractivity contribution in [2.75, 3.05) is 31.6 Å². The minimum atomic E-state index is -0.345. The van der Waals surface area contributed by atoms with E-state index in [9.17, 15) is 9.59 Å². The van der Waals surface area contributed by atoms with Crippen molar-refractivity contribution in [2.45, 2.75) is 31.0 Å². The number of methoxy groups -OCH3 is 1. The van der Waals surface area contributed by atoms with Gasteiger partial charge in [-0.3, -0.25) is 9.69 Å². The summed E-state index contributed by atoms with van der Waals surface area (Å²) in [7, 11) is 1.62. The fourth-order valence-electron chi connectivity index (χ4n) is 4.00. The Balaban J connectivity index is 1.48. The molecule has 3 amide bonds. The van der Waals surface area contributed by atoms with E-state index in [0.717, 1.165) is 18.7 Å². The second kappa shape index (κ2) is 5.93. The van der Waals surface area contributed by atoms with Crippen LogP contribution in [-0.2, 0) is 9.53 Å². The van der Waals surface area contributed by atoms with Crippen molar-refractivity contribution in [3.63, 3.8) is 0 Å². The lowest BCUT2D eigenvalue weighted by atomic mass is 10.1. The summed E-state index contributed by atoms with van der Waals surface area (Å²) in [5, 5.41) is 0.690. The van der Waals surface area contributed by atoms with Gasteiger partial charge >= 0.3 is 6.03 Å². The van der Waals surface area contributed by atoms with Gasteiger partial charge in [0.15, 0.2) is 0 Å². The molecular formula is C17H20ClN3O3. The molecule has 128 valence electrons. The van der Waals surface area contributed by atoms with Crippen LogP contribution < -0.4 is 4.90 Å². The summed E-state index contributed by atoms with van der Waals surface area (Å²) in [4.78, 5) is 30.7. The van der Waals surface area contributed by atoms with E-state index < -0.39 is 0 Å². The molecule has 3 atom stereocenters. The SMILES string of the molecule is CO[C@@H]1C[C@H]2C(=O)N([C@@H]3CCN(c4cccc(Cl)c4)C3)C(=O)N2C1. The maximum absolute atomic E-state index is 12.7.